The highest BCUT2D eigenvalue weighted by atomic mass is 16.6. The van der Waals surface area contributed by atoms with Gasteiger partial charge in [0.15, 0.2) is 0 Å². The van der Waals surface area contributed by atoms with E-state index in [1.807, 2.05) is 6.92 Å². The zero-order valence-corrected chi connectivity index (χ0v) is 9.82. The van der Waals surface area contributed by atoms with Gasteiger partial charge in [-0.25, -0.2) is 9.59 Å². The summed E-state index contributed by atoms with van der Waals surface area (Å²) in [6.07, 6.45) is 1.46. The third kappa shape index (κ3) is 6.23. The number of alkyl carbamates (subject to hydrolysis) is 1. The minimum atomic E-state index is -0.732. The van der Waals surface area contributed by atoms with Crippen molar-refractivity contribution in [3.63, 3.8) is 0 Å². The molecule has 0 bridgehead atoms. The molecule has 1 atom stereocenters. The molecule has 3 N–H and O–H groups in total. The molecular weight excluding hydrogens is 212 g/mol. The van der Waals surface area contributed by atoms with Gasteiger partial charge in [0.2, 0.25) is 0 Å². The number of rotatable bonds is 7. The number of ether oxygens (including phenoxy) is 2. The molecule has 1 amide bonds. The Balaban J connectivity index is 3.97. The number of nitrogens with one attached hydrogen (secondary N) is 1. The Labute approximate surface area is 95.5 Å². The smallest absolute Gasteiger partial charge is 0.407 e. The van der Waals surface area contributed by atoms with Gasteiger partial charge < -0.3 is 20.5 Å². The van der Waals surface area contributed by atoms with E-state index in [0.717, 1.165) is 12.8 Å². The van der Waals surface area contributed by atoms with E-state index in [1.165, 1.54) is 7.11 Å². The standard InChI is InChI=1S/C10H20N2O4/c1-3-4-7-16-10(14)12-8(5-6-11)9(13)15-2/h8H,3-7,11H2,1-2H3,(H,12,14). The molecule has 1 unspecified atom stereocenters. The molecule has 0 aliphatic rings. The highest BCUT2D eigenvalue weighted by Crippen LogP contribution is 1.95. The van der Waals surface area contributed by atoms with Crippen molar-refractivity contribution in [2.45, 2.75) is 32.2 Å². The number of esters is 1. The molecule has 0 radical (unpaired) electrons. The number of hydrogen-bond acceptors (Lipinski definition) is 5. The Hall–Kier alpha value is -1.30. The molecule has 16 heavy (non-hydrogen) atoms. The first kappa shape index (κ1) is 14.7. The van der Waals surface area contributed by atoms with Crippen molar-refractivity contribution in [2.24, 2.45) is 5.73 Å². The van der Waals surface area contributed by atoms with Gasteiger partial charge >= 0.3 is 12.1 Å². The van der Waals surface area contributed by atoms with E-state index in [0.29, 0.717) is 13.0 Å². The molecule has 6 heteroatoms. The minimum Gasteiger partial charge on any atom is -0.467 e. The lowest BCUT2D eigenvalue weighted by atomic mass is 10.2. The van der Waals surface area contributed by atoms with E-state index >= 15 is 0 Å². The molecule has 6 nitrogen and oxygen atoms in total. The fourth-order valence-corrected chi connectivity index (χ4v) is 1.05. The summed E-state index contributed by atoms with van der Waals surface area (Å²) >= 11 is 0. The van der Waals surface area contributed by atoms with Gasteiger partial charge in [0.25, 0.3) is 0 Å². The quantitative estimate of drug-likeness (QED) is 0.490. The van der Waals surface area contributed by atoms with Crippen LogP contribution in [0.25, 0.3) is 0 Å². The Kier molecular flexibility index (Phi) is 8.24. The lowest BCUT2D eigenvalue weighted by molar-refractivity contribution is -0.143. The van der Waals surface area contributed by atoms with Crippen LogP contribution in [0, 0.1) is 0 Å². The Morgan fingerprint density at radius 2 is 2.12 bits per heavy atom. The molecule has 0 aromatic rings. The van der Waals surface area contributed by atoms with Crippen molar-refractivity contribution in [2.75, 3.05) is 20.3 Å². The van der Waals surface area contributed by atoms with Crippen molar-refractivity contribution in [1.82, 2.24) is 5.32 Å². The number of carbonyl (C=O) groups excluding carboxylic acids is 2. The number of hydrogen-bond donors (Lipinski definition) is 2. The first-order valence-electron chi connectivity index (χ1n) is 5.36. The molecule has 0 aliphatic heterocycles. The molecule has 0 aromatic carbocycles. The lowest BCUT2D eigenvalue weighted by Gasteiger charge is -2.15. The summed E-state index contributed by atoms with van der Waals surface area (Å²) in [4.78, 5) is 22.5. The number of methoxy groups -OCH3 is 1. The second-order valence-electron chi connectivity index (χ2n) is 3.29. The van der Waals surface area contributed by atoms with Crippen molar-refractivity contribution in [3.8, 4) is 0 Å². The first-order chi connectivity index (χ1) is 7.65. The van der Waals surface area contributed by atoms with Crippen LogP contribution in [0.3, 0.4) is 0 Å². The van der Waals surface area contributed by atoms with Gasteiger partial charge in [0.1, 0.15) is 6.04 Å². The predicted octanol–water partition coefficient (Wildman–Crippen LogP) is 0.403. The molecule has 0 heterocycles. The van der Waals surface area contributed by atoms with Crippen molar-refractivity contribution in [1.29, 1.82) is 0 Å². The Bertz CT molecular complexity index is 221. The number of amides is 1. The van der Waals surface area contributed by atoms with E-state index in [9.17, 15) is 9.59 Å². The zero-order valence-electron chi connectivity index (χ0n) is 9.82. The summed E-state index contributed by atoms with van der Waals surface area (Å²) in [5.41, 5.74) is 5.32. The van der Waals surface area contributed by atoms with Crippen LogP contribution in [0.15, 0.2) is 0 Å². The zero-order chi connectivity index (χ0) is 12.4. The topological polar surface area (TPSA) is 90.6 Å². The van der Waals surface area contributed by atoms with Crippen molar-refractivity contribution < 1.29 is 19.1 Å². The SMILES string of the molecule is CCCCOC(=O)NC(CCN)C(=O)OC. The van der Waals surface area contributed by atoms with Gasteiger partial charge in [0, 0.05) is 0 Å². The van der Waals surface area contributed by atoms with E-state index in [2.05, 4.69) is 10.1 Å². The molecule has 0 fully saturated rings. The molecular formula is C10H20N2O4. The van der Waals surface area contributed by atoms with Crippen molar-refractivity contribution >= 4 is 12.1 Å². The molecule has 0 spiro atoms. The first-order valence-corrected chi connectivity index (χ1v) is 5.36. The fourth-order valence-electron chi connectivity index (χ4n) is 1.05. The van der Waals surface area contributed by atoms with E-state index in [1.54, 1.807) is 0 Å². The largest absolute Gasteiger partial charge is 0.467 e. The molecule has 0 aliphatic carbocycles. The van der Waals surface area contributed by atoms with Gasteiger partial charge in [-0.05, 0) is 19.4 Å². The van der Waals surface area contributed by atoms with Crippen LogP contribution in [0.1, 0.15) is 26.2 Å². The third-order valence-corrected chi connectivity index (χ3v) is 1.96. The van der Waals surface area contributed by atoms with Crippen LogP contribution in [0.5, 0.6) is 0 Å². The van der Waals surface area contributed by atoms with Gasteiger partial charge in [-0.1, -0.05) is 13.3 Å². The maximum Gasteiger partial charge on any atom is 0.407 e. The van der Waals surface area contributed by atoms with Crippen LogP contribution in [-0.4, -0.2) is 38.4 Å². The predicted molar refractivity (Wildman–Crippen MR) is 58.9 cm³/mol. The average Bonchev–Trinajstić information content (AvgIpc) is 2.28. The summed E-state index contributed by atoms with van der Waals surface area (Å²) in [6, 6.07) is -0.732. The van der Waals surface area contributed by atoms with Crippen LogP contribution in [0.2, 0.25) is 0 Å². The molecule has 94 valence electrons. The molecule has 0 saturated carbocycles. The van der Waals surface area contributed by atoms with Gasteiger partial charge in [0.05, 0.1) is 13.7 Å². The Morgan fingerprint density at radius 3 is 2.62 bits per heavy atom. The molecule has 0 aromatic heterocycles. The normalized spacial score (nSPS) is 11.7. The van der Waals surface area contributed by atoms with Crippen molar-refractivity contribution in [3.05, 3.63) is 0 Å². The summed E-state index contributed by atoms with van der Waals surface area (Å²) in [5, 5.41) is 2.41. The fraction of sp³-hybridized carbons (Fsp3) is 0.800. The van der Waals surface area contributed by atoms with E-state index < -0.39 is 18.1 Å². The number of carbonyl (C=O) groups is 2. The average molecular weight is 232 g/mol. The maximum atomic E-state index is 11.2. The highest BCUT2D eigenvalue weighted by Gasteiger charge is 2.20. The summed E-state index contributed by atoms with van der Waals surface area (Å²) in [6.45, 7) is 2.63. The monoisotopic (exact) mass is 232 g/mol. The van der Waals surface area contributed by atoms with Crippen LogP contribution >= 0.6 is 0 Å². The van der Waals surface area contributed by atoms with Gasteiger partial charge in [-0.15, -0.1) is 0 Å². The third-order valence-electron chi connectivity index (χ3n) is 1.96. The summed E-state index contributed by atoms with van der Waals surface area (Å²) in [5.74, 6) is -0.516. The second kappa shape index (κ2) is 8.96. The second-order valence-corrected chi connectivity index (χ2v) is 3.29. The number of nitrogens with two attached hydrogens (primary N) is 1. The molecule has 0 saturated heterocycles. The summed E-state index contributed by atoms with van der Waals surface area (Å²) < 4.78 is 9.38. The van der Waals surface area contributed by atoms with E-state index in [4.69, 9.17) is 10.5 Å². The van der Waals surface area contributed by atoms with Gasteiger partial charge in [-0.3, -0.25) is 0 Å². The van der Waals surface area contributed by atoms with Crippen LogP contribution in [-0.2, 0) is 14.3 Å². The minimum absolute atomic E-state index is 0.287. The number of unbranched alkanes of at least 4 members (excludes halogenated alkanes) is 1. The lowest BCUT2D eigenvalue weighted by Crippen LogP contribution is -2.43. The maximum absolute atomic E-state index is 11.2. The highest BCUT2D eigenvalue weighted by molar-refractivity contribution is 5.81. The Morgan fingerprint density at radius 1 is 1.44 bits per heavy atom. The van der Waals surface area contributed by atoms with E-state index in [-0.39, 0.29) is 6.54 Å². The molecule has 0 rings (SSSR count). The van der Waals surface area contributed by atoms with Crippen LogP contribution in [0.4, 0.5) is 4.79 Å². The van der Waals surface area contributed by atoms with Crippen LogP contribution < -0.4 is 11.1 Å². The summed E-state index contributed by atoms with van der Waals surface area (Å²) in [7, 11) is 1.26. The van der Waals surface area contributed by atoms with Gasteiger partial charge in [-0.2, -0.15) is 0 Å².